The van der Waals surface area contributed by atoms with Crippen LogP contribution in [0.2, 0.25) is 5.02 Å². The highest BCUT2D eigenvalue weighted by atomic mass is 35.5. The third kappa shape index (κ3) is 3.21. The summed E-state index contributed by atoms with van der Waals surface area (Å²) in [6.07, 6.45) is 4.78. The Hall–Kier alpha value is -1.23. The van der Waals surface area contributed by atoms with Gasteiger partial charge < -0.3 is 5.11 Å². The Kier molecular flexibility index (Phi) is 4.34. The molecule has 2 unspecified atom stereocenters. The summed E-state index contributed by atoms with van der Waals surface area (Å²) < 4.78 is 11.6. The molecule has 19 heavy (non-hydrogen) atoms. The Balaban J connectivity index is 2.51. The molecule has 0 fully saturated rings. The van der Waals surface area contributed by atoms with Crippen molar-refractivity contribution >= 4 is 22.4 Å². The van der Waals surface area contributed by atoms with Crippen LogP contribution in [0.4, 0.5) is 0 Å². The van der Waals surface area contributed by atoms with Crippen LogP contribution in [-0.4, -0.2) is 26.3 Å². The molecule has 0 saturated heterocycles. The van der Waals surface area contributed by atoms with Gasteiger partial charge in [-0.25, -0.2) is 0 Å². The van der Waals surface area contributed by atoms with Gasteiger partial charge in [0, 0.05) is 34.5 Å². The number of nitrogens with zero attached hydrogens (tertiary/aromatic N) is 1. The third-order valence-corrected chi connectivity index (χ3v) is 3.97. The molecule has 0 spiro atoms. The lowest BCUT2D eigenvalue weighted by Gasteiger charge is -2.28. The Labute approximate surface area is 119 Å². The predicted molar refractivity (Wildman–Crippen MR) is 77.6 cm³/mol. The maximum absolute atomic E-state index is 11.6. The summed E-state index contributed by atoms with van der Waals surface area (Å²) in [7, 11) is -1.14. The van der Waals surface area contributed by atoms with Gasteiger partial charge in [-0.05, 0) is 35.4 Å². The molecule has 0 saturated carbocycles. The number of hydrogen-bond acceptors (Lipinski definition) is 3. The normalized spacial score (nSPS) is 15.7. The van der Waals surface area contributed by atoms with Crippen LogP contribution in [0.15, 0.2) is 48.8 Å². The number of pyridine rings is 1. The smallest absolute Gasteiger partial charge is 0.126 e. The molecular weight excluding hydrogens is 282 g/mol. The molecule has 0 amide bonds. The summed E-state index contributed by atoms with van der Waals surface area (Å²) in [6.45, 7) is 0. The second-order valence-corrected chi connectivity index (χ2v) is 6.19. The molecule has 0 aliphatic rings. The van der Waals surface area contributed by atoms with Crippen molar-refractivity contribution in [1.82, 2.24) is 4.98 Å². The molecule has 2 atom stereocenters. The van der Waals surface area contributed by atoms with Crippen LogP contribution in [0.25, 0.3) is 0 Å². The molecule has 0 aliphatic carbocycles. The summed E-state index contributed by atoms with van der Waals surface area (Å²) in [6, 6.07) is 10.4. The van der Waals surface area contributed by atoms with Crippen LogP contribution >= 0.6 is 11.6 Å². The zero-order valence-electron chi connectivity index (χ0n) is 10.4. The molecule has 0 radical (unpaired) electrons. The van der Waals surface area contributed by atoms with Crippen molar-refractivity contribution in [2.75, 3.05) is 12.0 Å². The van der Waals surface area contributed by atoms with Gasteiger partial charge in [0.1, 0.15) is 5.60 Å². The fraction of sp³-hybridized carbons (Fsp3) is 0.214. The summed E-state index contributed by atoms with van der Waals surface area (Å²) in [4.78, 5) is 3.94. The van der Waals surface area contributed by atoms with Gasteiger partial charge in [-0.1, -0.05) is 23.7 Å². The lowest BCUT2D eigenvalue weighted by molar-refractivity contribution is 0.106. The number of hydrogen-bond donors (Lipinski definition) is 1. The summed E-state index contributed by atoms with van der Waals surface area (Å²) >= 11 is 5.86. The topological polar surface area (TPSA) is 50.2 Å². The third-order valence-electron chi connectivity index (χ3n) is 2.89. The van der Waals surface area contributed by atoms with Crippen LogP contribution in [0.1, 0.15) is 11.1 Å². The molecule has 3 nitrogen and oxygen atoms in total. The first kappa shape index (κ1) is 14.2. The average molecular weight is 296 g/mol. The van der Waals surface area contributed by atoms with E-state index in [0.29, 0.717) is 16.1 Å². The number of halogens is 1. The Morgan fingerprint density at radius 1 is 1.16 bits per heavy atom. The SMILES string of the molecule is CS(=O)CC(O)(c1ccncc1)c1ccc(Cl)cc1. The summed E-state index contributed by atoms with van der Waals surface area (Å²) in [5, 5.41) is 11.5. The minimum absolute atomic E-state index is 0.124. The van der Waals surface area contributed by atoms with Crippen LogP contribution in [0.5, 0.6) is 0 Å². The molecule has 1 N–H and O–H groups in total. The summed E-state index contributed by atoms with van der Waals surface area (Å²) in [5.74, 6) is 0.124. The van der Waals surface area contributed by atoms with E-state index in [-0.39, 0.29) is 5.75 Å². The maximum Gasteiger partial charge on any atom is 0.126 e. The first-order valence-corrected chi connectivity index (χ1v) is 7.82. The van der Waals surface area contributed by atoms with E-state index in [0.717, 1.165) is 0 Å². The minimum atomic E-state index is -1.30. The van der Waals surface area contributed by atoms with Gasteiger partial charge in [-0.2, -0.15) is 0 Å². The Bertz CT molecular complexity index is 574. The molecule has 2 aromatic rings. The second-order valence-electron chi connectivity index (χ2n) is 4.32. The van der Waals surface area contributed by atoms with E-state index in [1.54, 1.807) is 55.0 Å². The lowest BCUT2D eigenvalue weighted by Crippen LogP contribution is -2.33. The van der Waals surface area contributed by atoms with Crippen molar-refractivity contribution in [3.05, 3.63) is 64.9 Å². The molecule has 1 heterocycles. The average Bonchev–Trinajstić information content (AvgIpc) is 2.39. The van der Waals surface area contributed by atoms with Crippen molar-refractivity contribution in [2.24, 2.45) is 0 Å². The first-order valence-electron chi connectivity index (χ1n) is 5.71. The van der Waals surface area contributed by atoms with Gasteiger partial charge >= 0.3 is 0 Å². The van der Waals surface area contributed by atoms with Gasteiger partial charge in [0.05, 0.1) is 5.75 Å². The van der Waals surface area contributed by atoms with E-state index in [1.165, 1.54) is 0 Å². The molecule has 2 rings (SSSR count). The van der Waals surface area contributed by atoms with Gasteiger partial charge in [-0.3, -0.25) is 9.19 Å². The fourth-order valence-electron chi connectivity index (χ4n) is 1.98. The number of rotatable bonds is 4. The largest absolute Gasteiger partial charge is 0.379 e. The van der Waals surface area contributed by atoms with Gasteiger partial charge in [0.25, 0.3) is 0 Å². The van der Waals surface area contributed by atoms with Crippen molar-refractivity contribution in [2.45, 2.75) is 5.60 Å². The Morgan fingerprint density at radius 3 is 2.21 bits per heavy atom. The standard InChI is InChI=1S/C14H14ClNO2S/c1-19(18)10-14(17,12-6-8-16-9-7-12)11-2-4-13(15)5-3-11/h2-9,17H,10H2,1H3. The fourth-order valence-corrected chi connectivity index (χ4v) is 3.03. The van der Waals surface area contributed by atoms with Gasteiger partial charge in [0.2, 0.25) is 0 Å². The van der Waals surface area contributed by atoms with Crippen molar-refractivity contribution in [1.29, 1.82) is 0 Å². The van der Waals surface area contributed by atoms with E-state index in [9.17, 15) is 9.32 Å². The number of aromatic nitrogens is 1. The van der Waals surface area contributed by atoms with Gasteiger partial charge in [0.15, 0.2) is 0 Å². The zero-order valence-corrected chi connectivity index (χ0v) is 12.0. The van der Waals surface area contributed by atoms with E-state index in [4.69, 9.17) is 11.6 Å². The van der Waals surface area contributed by atoms with E-state index in [2.05, 4.69) is 4.98 Å². The minimum Gasteiger partial charge on any atom is -0.379 e. The molecule has 1 aromatic carbocycles. The summed E-state index contributed by atoms with van der Waals surface area (Å²) in [5.41, 5.74) is 0.0333. The molecule has 100 valence electrons. The van der Waals surface area contributed by atoms with Crippen LogP contribution in [-0.2, 0) is 16.4 Å². The molecular formula is C14H14ClNO2S. The monoisotopic (exact) mass is 295 g/mol. The van der Waals surface area contributed by atoms with Crippen molar-refractivity contribution < 1.29 is 9.32 Å². The molecule has 0 bridgehead atoms. The van der Waals surface area contributed by atoms with Crippen LogP contribution in [0.3, 0.4) is 0 Å². The first-order chi connectivity index (χ1) is 9.02. The molecule has 1 aromatic heterocycles. The van der Waals surface area contributed by atoms with Gasteiger partial charge in [-0.15, -0.1) is 0 Å². The van der Waals surface area contributed by atoms with Crippen LogP contribution < -0.4 is 0 Å². The highest BCUT2D eigenvalue weighted by Crippen LogP contribution is 2.30. The molecule has 0 aliphatic heterocycles. The number of benzene rings is 1. The highest BCUT2D eigenvalue weighted by Gasteiger charge is 2.32. The van der Waals surface area contributed by atoms with Crippen LogP contribution in [0, 0.1) is 0 Å². The van der Waals surface area contributed by atoms with E-state index in [1.807, 2.05) is 0 Å². The van der Waals surface area contributed by atoms with E-state index >= 15 is 0 Å². The lowest BCUT2D eigenvalue weighted by atomic mass is 9.89. The quantitative estimate of drug-likeness (QED) is 0.942. The molecule has 5 heteroatoms. The zero-order chi connectivity index (χ0) is 13.9. The maximum atomic E-state index is 11.6. The number of aliphatic hydroxyl groups is 1. The second kappa shape index (κ2) is 5.82. The Morgan fingerprint density at radius 2 is 1.68 bits per heavy atom. The highest BCUT2D eigenvalue weighted by molar-refractivity contribution is 7.84. The predicted octanol–water partition coefficient (Wildman–Crippen LogP) is 2.35. The van der Waals surface area contributed by atoms with E-state index < -0.39 is 16.4 Å². The van der Waals surface area contributed by atoms with Crippen molar-refractivity contribution in [3.8, 4) is 0 Å². The van der Waals surface area contributed by atoms with Crippen molar-refractivity contribution in [3.63, 3.8) is 0 Å².